The number of anilines is 1. The van der Waals surface area contributed by atoms with E-state index in [1.807, 2.05) is 43.4 Å². The van der Waals surface area contributed by atoms with Crippen molar-refractivity contribution in [3.05, 3.63) is 36.8 Å². The van der Waals surface area contributed by atoms with E-state index < -0.39 is 0 Å². The van der Waals surface area contributed by atoms with Crippen LogP contribution >= 0.6 is 0 Å². The molecule has 1 aliphatic rings. The van der Waals surface area contributed by atoms with E-state index in [2.05, 4.69) is 20.3 Å². The Labute approximate surface area is 158 Å². The fourth-order valence-electron chi connectivity index (χ4n) is 3.26. The van der Waals surface area contributed by atoms with Crippen molar-refractivity contribution in [3.8, 4) is 17.1 Å². The number of rotatable bonds is 5. The van der Waals surface area contributed by atoms with Crippen LogP contribution in [0.1, 0.15) is 12.8 Å². The van der Waals surface area contributed by atoms with E-state index in [1.54, 1.807) is 12.4 Å². The standard InChI is InChI=1S/C20H24N6O/c1-26(2)18-6-5-15(12-24-18)16-10-17-19(23-9-8-22-17)20(25-16)27-13-14-4-3-7-21-11-14/h5-6,8-10,12,14,21H,3-4,7,11,13H2,1-2H3. The van der Waals surface area contributed by atoms with Gasteiger partial charge in [-0.25, -0.2) is 15.0 Å². The van der Waals surface area contributed by atoms with Crippen molar-refractivity contribution in [2.24, 2.45) is 5.92 Å². The molecule has 1 atom stereocenters. The number of nitrogens with one attached hydrogen (secondary N) is 1. The average molecular weight is 364 g/mol. The van der Waals surface area contributed by atoms with E-state index in [1.165, 1.54) is 12.8 Å². The number of piperidine rings is 1. The van der Waals surface area contributed by atoms with Gasteiger partial charge in [-0.1, -0.05) is 0 Å². The first-order chi connectivity index (χ1) is 13.2. The molecule has 1 N–H and O–H groups in total. The quantitative estimate of drug-likeness (QED) is 0.745. The second-order valence-electron chi connectivity index (χ2n) is 7.06. The van der Waals surface area contributed by atoms with Crippen LogP contribution < -0.4 is 15.0 Å². The van der Waals surface area contributed by atoms with Crippen molar-refractivity contribution < 1.29 is 4.74 Å². The summed E-state index contributed by atoms with van der Waals surface area (Å²) in [5, 5.41) is 3.42. The van der Waals surface area contributed by atoms with Crippen LogP contribution in [-0.2, 0) is 0 Å². The van der Waals surface area contributed by atoms with Gasteiger partial charge in [0.2, 0.25) is 5.88 Å². The number of hydrogen-bond acceptors (Lipinski definition) is 7. The normalized spacial score (nSPS) is 17.0. The zero-order valence-corrected chi connectivity index (χ0v) is 15.7. The second-order valence-corrected chi connectivity index (χ2v) is 7.06. The molecule has 0 saturated carbocycles. The first-order valence-electron chi connectivity index (χ1n) is 9.30. The molecule has 4 heterocycles. The first kappa shape index (κ1) is 17.6. The van der Waals surface area contributed by atoms with Gasteiger partial charge in [-0.05, 0) is 37.6 Å². The van der Waals surface area contributed by atoms with Crippen molar-refractivity contribution in [2.45, 2.75) is 12.8 Å². The Morgan fingerprint density at radius 2 is 2.07 bits per heavy atom. The van der Waals surface area contributed by atoms with Crippen molar-refractivity contribution in [2.75, 3.05) is 38.7 Å². The minimum absolute atomic E-state index is 0.497. The monoisotopic (exact) mass is 364 g/mol. The molecule has 1 unspecified atom stereocenters. The van der Waals surface area contributed by atoms with Gasteiger partial charge in [-0.15, -0.1) is 0 Å². The second kappa shape index (κ2) is 7.84. The lowest BCUT2D eigenvalue weighted by Gasteiger charge is -2.22. The minimum Gasteiger partial charge on any atom is -0.476 e. The Kier molecular flexibility index (Phi) is 5.11. The third kappa shape index (κ3) is 3.98. The zero-order valence-electron chi connectivity index (χ0n) is 15.7. The summed E-state index contributed by atoms with van der Waals surface area (Å²) in [5.41, 5.74) is 3.19. The summed E-state index contributed by atoms with van der Waals surface area (Å²) in [4.78, 5) is 20.1. The lowest BCUT2D eigenvalue weighted by molar-refractivity contribution is 0.214. The average Bonchev–Trinajstić information content (AvgIpc) is 2.72. The van der Waals surface area contributed by atoms with Crippen LogP contribution in [0.3, 0.4) is 0 Å². The maximum absolute atomic E-state index is 6.10. The first-order valence-corrected chi connectivity index (χ1v) is 9.30. The van der Waals surface area contributed by atoms with E-state index in [0.717, 1.165) is 35.7 Å². The van der Waals surface area contributed by atoms with Crippen molar-refractivity contribution in [1.82, 2.24) is 25.3 Å². The Morgan fingerprint density at radius 3 is 2.81 bits per heavy atom. The molecule has 1 aliphatic heterocycles. The number of pyridine rings is 2. The van der Waals surface area contributed by atoms with Gasteiger partial charge < -0.3 is 15.0 Å². The largest absolute Gasteiger partial charge is 0.476 e. The molecule has 7 heteroatoms. The van der Waals surface area contributed by atoms with Gasteiger partial charge in [-0.2, -0.15) is 0 Å². The van der Waals surface area contributed by atoms with Gasteiger partial charge in [0.15, 0.2) is 5.52 Å². The number of nitrogens with zero attached hydrogens (tertiary/aromatic N) is 5. The summed E-state index contributed by atoms with van der Waals surface area (Å²) in [7, 11) is 3.94. The van der Waals surface area contributed by atoms with E-state index in [4.69, 9.17) is 9.72 Å². The van der Waals surface area contributed by atoms with Gasteiger partial charge >= 0.3 is 0 Å². The Hall–Kier alpha value is -2.80. The van der Waals surface area contributed by atoms with E-state index in [0.29, 0.717) is 23.9 Å². The highest BCUT2D eigenvalue weighted by Gasteiger charge is 2.16. The minimum atomic E-state index is 0.497. The highest BCUT2D eigenvalue weighted by atomic mass is 16.5. The van der Waals surface area contributed by atoms with Gasteiger partial charge in [0.1, 0.15) is 5.82 Å². The maximum atomic E-state index is 6.10. The van der Waals surface area contributed by atoms with Crippen LogP contribution in [0.5, 0.6) is 5.88 Å². The Balaban J connectivity index is 1.65. The van der Waals surface area contributed by atoms with E-state index in [-0.39, 0.29) is 0 Å². The molecule has 0 amide bonds. The summed E-state index contributed by atoms with van der Waals surface area (Å²) in [5.74, 6) is 1.94. The fourth-order valence-corrected chi connectivity index (χ4v) is 3.26. The predicted molar refractivity (Wildman–Crippen MR) is 106 cm³/mol. The predicted octanol–water partition coefficient (Wildman–Crippen LogP) is 2.53. The van der Waals surface area contributed by atoms with Gasteiger partial charge in [-0.3, -0.25) is 4.98 Å². The lowest BCUT2D eigenvalue weighted by atomic mass is 10.0. The molecule has 0 aromatic carbocycles. The van der Waals surface area contributed by atoms with Crippen LogP contribution in [-0.4, -0.2) is 53.7 Å². The lowest BCUT2D eigenvalue weighted by Crippen LogP contribution is -2.33. The van der Waals surface area contributed by atoms with Crippen LogP contribution in [0.2, 0.25) is 0 Å². The molecule has 3 aromatic heterocycles. The third-order valence-corrected chi connectivity index (χ3v) is 4.78. The molecular weight excluding hydrogens is 340 g/mol. The molecule has 1 saturated heterocycles. The number of ether oxygens (including phenoxy) is 1. The zero-order chi connectivity index (χ0) is 18.6. The summed E-state index contributed by atoms with van der Waals surface area (Å²) < 4.78 is 6.10. The third-order valence-electron chi connectivity index (χ3n) is 4.78. The fraction of sp³-hybridized carbons (Fsp3) is 0.400. The van der Waals surface area contributed by atoms with Gasteiger partial charge in [0, 0.05) is 50.7 Å². The Bertz CT molecular complexity index is 906. The van der Waals surface area contributed by atoms with Crippen molar-refractivity contribution >= 4 is 16.9 Å². The molecule has 0 radical (unpaired) electrons. The highest BCUT2D eigenvalue weighted by molar-refractivity contribution is 5.83. The van der Waals surface area contributed by atoms with Crippen molar-refractivity contribution in [1.29, 1.82) is 0 Å². The SMILES string of the molecule is CN(C)c1ccc(-c2cc3nccnc3c(OCC3CCCNC3)n2)cn1. The molecule has 1 fully saturated rings. The number of hydrogen-bond donors (Lipinski definition) is 1. The van der Waals surface area contributed by atoms with Gasteiger partial charge in [0.25, 0.3) is 0 Å². The van der Waals surface area contributed by atoms with Crippen LogP contribution in [0, 0.1) is 5.92 Å². The molecule has 4 rings (SSSR count). The number of aromatic nitrogens is 4. The summed E-state index contributed by atoms with van der Waals surface area (Å²) >= 11 is 0. The molecule has 27 heavy (non-hydrogen) atoms. The topological polar surface area (TPSA) is 76.1 Å². The molecule has 3 aromatic rings. The molecule has 7 nitrogen and oxygen atoms in total. The van der Waals surface area contributed by atoms with Crippen LogP contribution in [0.4, 0.5) is 5.82 Å². The maximum Gasteiger partial charge on any atom is 0.242 e. The summed E-state index contributed by atoms with van der Waals surface area (Å²) in [6.07, 6.45) is 7.55. The van der Waals surface area contributed by atoms with Crippen LogP contribution in [0.15, 0.2) is 36.8 Å². The molecular formula is C20H24N6O. The number of fused-ring (bicyclic) bond motifs is 1. The van der Waals surface area contributed by atoms with Crippen molar-refractivity contribution in [3.63, 3.8) is 0 Å². The molecule has 140 valence electrons. The molecule has 0 aliphatic carbocycles. The highest BCUT2D eigenvalue weighted by Crippen LogP contribution is 2.27. The Morgan fingerprint density at radius 1 is 1.19 bits per heavy atom. The van der Waals surface area contributed by atoms with E-state index in [9.17, 15) is 0 Å². The van der Waals surface area contributed by atoms with Gasteiger partial charge in [0.05, 0.1) is 17.8 Å². The van der Waals surface area contributed by atoms with Crippen LogP contribution in [0.25, 0.3) is 22.3 Å². The smallest absolute Gasteiger partial charge is 0.242 e. The summed E-state index contributed by atoms with van der Waals surface area (Å²) in [6, 6.07) is 5.93. The molecule has 0 bridgehead atoms. The molecule has 0 spiro atoms. The summed E-state index contributed by atoms with van der Waals surface area (Å²) in [6.45, 7) is 2.71. The van der Waals surface area contributed by atoms with E-state index >= 15 is 0 Å².